The summed E-state index contributed by atoms with van der Waals surface area (Å²) in [5.41, 5.74) is 2.60. The summed E-state index contributed by atoms with van der Waals surface area (Å²) in [6.45, 7) is 3.12. The Bertz CT molecular complexity index is 809. The Balaban J connectivity index is 1.99. The smallest absolute Gasteiger partial charge is 0.238 e. The highest BCUT2D eigenvalue weighted by Gasteiger charge is 2.35. The van der Waals surface area contributed by atoms with Crippen molar-refractivity contribution in [1.29, 1.82) is 0 Å². The molecule has 6 heteroatoms. The van der Waals surface area contributed by atoms with Gasteiger partial charge in [-0.1, -0.05) is 18.2 Å². The fourth-order valence-electron chi connectivity index (χ4n) is 2.76. The molecule has 1 heterocycles. The fraction of sp³-hybridized carbons (Fsp3) is 0.222. The van der Waals surface area contributed by atoms with E-state index < -0.39 is 0 Å². The van der Waals surface area contributed by atoms with Crippen LogP contribution in [-0.4, -0.2) is 17.6 Å². The molecule has 1 aliphatic rings. The van der Waals surface area contributed by atoms with Gasteiger partial charge in [0.25, 0.3) is 0 Å². The molecule has 0 unspecified atom stereocenters. The molecule has 2 amide bonds. The summed E-state index contributed by atoms with van der Waals surface area (Å²) in [5, 5.41) is 2.50. The first-order valence-electron chi connectivity index (χ1n) is 7.53. The number of rotatable bonds is 3. The molecule has 1 aliphatic heterocycles. The highest BCUT2D eigenvalue weighted by Crippen LogP contribution is 2.43. The predicted molar refractivity (Wildman–Crippen MR) is 94.6 cm³/mol. The van der Waals surface area contributed by atoms with E-state index in [2.05, 4.69) is 5.32 Å². The van der Waals surface area contributed by atoms with Crippen molar-refractivity contribution in [2.75, 3.05) is 16.0 Å². The Labute approximate surface area is 144 Å². The highest BCUT2D eigenvalue weighted by molar-refractivity contribution is 8.00. The lowest BCUT2D eigenvalue weighted by atomic mass is 10.1. The van der Waals surface area contributed by atoms with Crippen LogP contribution in [0.1, 0.15) is 23.4 Å². The number of hydrogen-bond acceptors (Lipinski definition) is 3. The second-order valence-electron chi connectivity index (χ2n) is 5.62. The molecule has 124 valence electrons. The summed E-state index contributed by atoms with van der Waals surface area (Å²) in [6, 6.07) is 12.1. The summed E-state index contributed by atoms with van der Waals surface area (Å²) in [4.78, 5) is 25.3. The van der Waals surface area contributed by atoms with Crippen LogP contribution in [0.3, 0.4) is 0 Å². The molecule has 0 aromatic heterocycles. The van der Waals surface area contributed by atoms with Gasteiger partial charge in [0.2, 0.25) is 11.8 Å². The molecule has 1 fully saturated rings. The van der Waals surface area contributed by atoms with Crippen LogP contribution in [0.4, 0.5) is 15.8 Å². The van der Waals surface area contributed by atoms with Gasteiger partial charge in [-0.25, -0.2) is 4.39 Å². The lowest BCUT2D eigenvalue weighted by molar-refractivity contribution is -0.116. The summed E-state index contributed by atoms with van der Waals surface area (Å²) in [6.07, 6.45) is 0. The van der Waals surface area contributed by atoms with Gasteiger partial charge in [0.05, 0.1) is 11.4 Å². The number of halogens is 1. The quantitative estimate of drug-likeness (QED) is 0.919. The normalized spacial score (nSPS) is 17.2. The minimum Gasteiger partial charge on any atom is -0.326 e. The van der Waals surface area contributed by atoms with Crippen LogP contribution in [0.2, 0.25) is 0 Å². The first-order valence-corrected chi connectivity index (χ1v) is 8.58. The van der Waals surface area contributed by atoms with E-state index >= 15 is 0 Å². The maximum Gasteiger partial charge on any atom is 0.238 e. The predicted octanol–water partition coefficient (Wildman–Crippen LogP) is 3.87. The van der Waals surface area contributed by atoms with Crippen LogP contribution >= 0.6 is 11.8 Å². The molecule has 0 spiro atoms. The van der Waals surface area contributed by atoms with Crippen molar-refractivity contribution in [1.82, 2.24) is 0 Å². The number of nitrogens with zero attached hydrogens (tertiary/aromatic N) is 1. The van der Waals surface area contributed by atoms with Crippen LogP contribution in [0, 0.1) is 12.7 Å². The van der Waals surface area contributed by atoms with Crippen molar-refractivity contribution in [3.05, 3.63) is 59.4 Å². The zero-order valence-corrected chi connectivity index (χ0v) is 14.2. The molecule has 0 radical (unpaired) electrons. The van der Waals surface area contributed by atoms with Crippen LogP contribution in [0.5, 0.6) is 0 Å². The van der Waals surface area contributed by atoms with Gasteiger partial charge in [-0.05, 0) is 36.8 Å². The molecule has 1 N–H and O–H groups in total. The third kappa shape index (κ3) is 3.14. The number of carbonyl (C=O) groups excluding carboxylic acids is 2. The largest absolute Gasteiger partial charge is 0.326 e. The molecular weight excluding hydrogens is 327 g/mol. The van der Waals surface area contributed by atoms with E-state index in [9.17, 15) is 14.0 Å². The Morgan fingerprint density at radius 3 is 2.79 bits per heavy atom. The van der Waals surface area contributed by atoms with Gasteiger partial charge in [0, 0.05) is 18.2 Å². The Kier molecular flexibility index (Phi) is 4.57. The average Bonchev–Trinajstić information content (AvgIpc) is 2.91. The van der Waals surface area contributed by atoms with Crippen molar-refractivity contribution in [3.8, 4) is 0 Å². The Hall–Kier alpha value is -2.34. The number of nitrogens with one attached hydrogen (secondary N) is 1. The van der Waals surface area contributed by atoms with Gasteiger partial charge in [0.1, 0.15) is 11.2 Å². The summed E-state index contributed by atoms with van der Waals surface area (Å²) < 4.78 is 13.9. The number of thioether (sulfide) groups is 1. The second-order valence-corrected chi connectivity index (χ2v) is 6.69. The molecule has 0 saturated carbocycles. The second kappa shape index (κ2) is 6.65. The zero-order valence-electron chi connectivity index (χ0n) is 13.4. The Morgan fingerprint density at radius 1 is 1.29 bits per heavy atom. The van der Waals surface area contributed by atoms with Crippen molar-refractivity contribution in [2.24, 2.45) is 0 Å². The number of carbonyl (C=O) groups is 2. The zero-order chi connectivity index (χ0) is 17.3. The van der Waals surface area contributed by atoms with Crippen LogP contribution in [-0.2, 0) is 9.59 Å². The maximum atomic E-state index is 13.9. The maximum absolute atomic E-state index is 13.9. The van der Waals surface area contributed by atoms with E-state index in [0.717, 1.165) is 5.56 Å². The van der Waals surface area contributed by atoms with Gasteiger partial charge in [-0.3, -0.25) is 14.5 Å². The lowest BCUT2D eigenvalue weighted by Gasteiger charge is -2.26. The van der Waals surface area contributed by atoms with Gasteiger partial charge in [-0.2, -0.15) is 0 Å². The molecule has 4 nitrogen and oxygen atoms in total. The van der Waals surface area contributed by atoms with E-state index in [0.29, 0.717) is 22.7 Å². The van der Waals surface area contributed by atoms with Crippen molar-refractivity contribution in [3.63, 3.8) is 0 Å². The molecule has 2 aromatic rings. The SMILES string of the molecule is CC(=O)Nc1cccc([C@@H]2SCC(=O)N2c2cccc(F)c2C)c1. The average molecular weight is 344 g/mol. The molecule has 24 heavy (non-hydrogen) atoms. The minimum atomic E-state index is -0.331. The van der Waals surface area contributed by atoms with Crippen molar-refractivity contribution >= 4 is 35.0 Å². The molecule has 0 bridgehead atoms. The number of benzene rings is 2. The van der Waals surface area contributed by atoms with E-state index in [-0.39, 0.29) is 23.0 Å². The van der Waals surface area contributed by atoms with E-state index in [1.807, 2.05) is 18.2 Å². The summed E-state index contributed by atoms with van der Waals surface area (Å²) in [5.74, 6) is -0.197. The van der Waals surface area contributed by atoms with Gasteiger partial charge >= 0.3 is 0 Å². The van der Waals surface area contributed by atoms with E-state index in [1.54, 1.807) is 30.0 Å². The molecule has 1 saturated heterocycles. The van der Waals surface area contributed by atoms with E-state index in [4.69, 9.17) is 0 Å². The summed E-state index contributed by atoms with van der Waals surface area (Å²) in [7, 11) is 0. The minimum absolute atomic E-state index is 0.0522. The lowest BCUT2D eigenvalue weighted by Crippen LogP contribution is -2.28. The molecule has 0 aliphatic carbocycles. The molecule has 1 atom stereocenters. The number of hydrogen-bond donors (Lipinski definition) is 1. The molecular formula is C18H17FN2O2S. The number of amides is 2. The number of anilines is 2. The van der Waals surface area contributed by atoms with Gasteiger partial charge in [0.15, 0.2) is 0 Å². The first-order chi connectivity index (χ1) is 11.5. The summed E-state index contributed by atoms with van der Waals surface area (Å²) >= 11 is 1.49. The molecule has 2 aromatic carbocycles. The Morgan fingerprint density at radius 2 is 2.04 bits per heavy atom. The van der Waals surface area contributed by atoms with E-state index in [1.165, 1.54) is 24.8 Å². The van der Waals surface area contributed by atoms with Gasteiger partial charge < -0.3 is 5.32 Å². The van der Waals surface area contributed by atoms with Crippen LogP contribution in [0.25, 0.3) is 0 Å². The third-order valence-corrected chi connectivity index (χ3v) is 5.07. The van der Waals surface area contributed by atoms with Gasteiger partial charge in [-0.15, -0.1) is 11.8 Å². The fourth-order valence-corrected chi connectivity index (χ4v) is 3.92. The van der Waals surface area contributed by atoms with Crippen LogP contribution < -0.4 is 10.2 Å². The standard InChI is InChI=1S/C18H17FN2O2S/c1-11-15(19)7-4-8-16(11)21-17(23)10-24-18(21)13-5-3-6-14(9-13)20-12(2)22/h3-9,18H,10H2,1-2H3,(H,20,22)/t18-/m0/s1. The molecule has 3 rings (SSSR count). The van der Waals surface area contributed by atoms with Crippen molar-refractivity contribution in [2.45, 2.75) is 19.2 Å². The van der Waals surface area contributed by atoms with Crippen molar-refractivity contribution < 1.29 is 14.0 Å². The monoisotopic (exact) mass is 344 g/mol. The topological polar surface area (TPSA) is 49.4 Å². The highest BCUT2D eigenvalue weighted by atomic mass is 32.2. The van der Waals surface area contributed by atoms with Crippen LogP contribution in [0.15, 0.2) is 42.5 Å². The third-order valence-electron chi connectivity index (χ3n) is 3.86. The first kappa shape index (κ1) is 16.5.